The molecule has 1 aromatic carbocycles. The number of ether oxygens (including phenoxy) is 1. The molecular weight excluding hydrogens is 288 g/mol. The monoisotopic (exact) mass is 308 g/mol. The summed E-state index contributed by atoms with van der Waals surface area (Å²) in [7, 11) is 1.89. The van der Waals surface area contributed by atoms with Crippen LogP contribution in [0.3, 0.4) is 0 Å². The van der Waals surface area contributed by atoms with Crippen LogP contribution in [0, 0.1) is 5.92 Å². The fraction of sp³-hybridized carbons (Fsp3) is 0.500. The van der Waals surface area contributed by atoms with Crippen LogP contribution in [0.2, 0.25) is 5.02 Å². The van der Waals surface area contributed by atoms with Gasteiger partial charge >= 0.3 is 5.97 Å². The number of carbonyl (C=O) groups excluding carboxylic acids is 1. The molecule has 0 spiro atoms. The molecule has 0 fully saturated rings. The molecule has 0 saturated carbocycles. The second-order valence-electron chi connectivity index (χ2n) is 5.57. The Labute approximate surface area is 130 Å². The Morgan fingerprint density at radius 2 is 2.14 bits per heavy atom. The molecule has 0 radical (unpaired) electrons. The molecule has 0 N–H and O–H groups in total. The molecule has 0 aliphatic heterocycles. The quantitative estimate of drug-likeness (QED) is 0.786. The Morgan fingerprint density at radius 1 is 1.43 bits per heavy atom. The predicted octanol–water partition coefficient (Wildman–Crippen LogP) is 3.92. The second-order valence-corrected chi connectivity index (χ2v) is 5.98. The average molecular weight is 309 g/mol. The lowest BCUT2D eigenvalue weighted by atomic mass is 9.96. The van der Waals surface area contributed by atoms with Crippen LogP contribution in [-0.4, -0.2) is 22.1 Å². The van der Waals surface area contributed by atoms with E-state index in [1.165, 1.54) is 0 Å². The zero-order valence-electron chi connectivity index (χ0n) is 12.9. The van der Waals surface area contributed by atoms with Gasteiger partial charge in [0.05, 0.1) is 22.7 Å². The summed E-state index contributed by atoms with van der Waals surface area (Å²) in [6.07, 6.45) is 0.702. The highest BCUT2D eigenvalue weighted by atomic mass is 35.5. The molecule has 1 atom stereocenters. The molecule has 1 heterocycles. The summed E-state index contributed by atoms with van der Waals surface area (Å²) in [6, 6.07) is 5.60. The number of imidazole rings is 1. The number of halogens is 1. The third-order valence-corrected chi connectivity index (χ3v) is 3.77. The maximum atomic E-state index is 12.3. The summed E-state index contributed by atoms with van der Waals surface area (Å²) in [5, 5.41) is 0.640. The van der Waals surface area contributed by atoms with Crippen molar-refractivity contribution in [2.45, 2.75) is 33.1 Å². The molecule has 114 valence electrons. The Hall–Kier alpha value is -1.55. The van der Waals surface area contributed by atoms with Crippen molar-refractivity contribution in [3.8, 4) is 0 Å². The molecule has 0 amide bonds. The van der Waals surface area contributed by atoms with Crippen molar-refractivity contribution in [3.63, 3.8) is 0 Å². The van der Waals surface area contributed by atoms with Gasteiger partial charge in [-0.3, -0.25) is 4.79 Å². The molecule has 2 aromatic rings. The Balaban J connectivity index is 2.51. The van der Waals surface area contributed by atoms with Gasteiger partial charge in [-0.15, -0.1) is 0 Å². The first kappa shape index (κ1) is 15.8. The van der Waals surface area contributed by atoms with Crippen LogP contribution in [0.5, 0.6) is 0 Å². The van der Waals surface area contributed by atoms with E-state index in [1.807, 2.05) is 36.7 Å². The number of esters is 1. The molecule has 5 heteroatoms. The zero-order chi connectivity index (χ0) is 15.6. The standard InChI is InChI=1S/C16H21ClN2O2/c1-5-21-16(20)11(9-10(2)3)15-18-13-8-6-7-12(17)14(13)19(15)4/h6-8,10-11H,5,9H2,1-4H3. The first-order chi connectivity index (χ1) is 9.95. The van der Waals surface area contributed by atoms with Crippen molar-refractivity contribution in [2.24, 2.45) is 13.0 Å². The summed E-state index contributed by atoms with van der Waals surface area (Å²) in [4.78, 5) is 16.9. The van der Waals surface area contributed by atoms with Crippen molar-refractivity contribution in [2.75, 3.05) is 6.61 Å². The summed E-state index contributed by atoms with van der Waals surface area (Å²) in [5.74, 6) is 0.499. The molecule has 1 unspecified atom stereocenters. The van der Waals surface area contributed by atoms with Gasteiger partial charge in [0.1, 0.15) is 11.7 Å². The molecule has 21 heavy (non-hydrogen) atoms. The zero-order valence-corrected chi connectivity index (χ0v) is 13.6. The number of rotatable bonds is 5. The van der Waals surface area contributed by atoms with E-state index in [2.05, 4.69) is 18.8 Å². The van der Waals surface area contributed by atoms with Crippen LogP contribution in [0.1, 0.15) is 38.9 Å². The fourth-order valence-corrected chi connectivity index (χ4v) is 2.87. The van der Waals surface area contributed by atoms with Crippen molar-refractivity contribution in [1.29, 1.82) is 0 Å². The summed E-state index contributed by atoms with van der Waals surface area (Å²) < 4.78 is 7.12. The number of benzene rings is 1. The number of aryl methyl sites for hydroxylation is 1. The summed E-state index contributed by atoms with van der Waals surface area (Å²) in [5.41, 5.74) is 1.66. The maximum Gasteiger partial charge on any atom is 0.316 e. The Kier molecular flexibility index (Phi) is 4.88. The van der Waals surface area contributed by atoms with Crippen LogP contribution in [0.4, 0.5) is 0 Å². The lowest BCUT2D eigenvalue weighted by molar-refractivity contribution is -0.145. The average Bonchev–Trinajstić information content (AvgIpc) is 2.74. The number of para-hydroxylation sites is 1. The van der Waals surface area contributed by atoms with Crippen LogP contribution in [-0.2, 0) is 16.6 Å². The van der Waals surface area contributed by atoms with Crippen LogP contribution >= 0.6 is 11.6 Å². The number of fused-ring (bicyclic) bond motifs is 1. The van der Waals surface area contributed by atoms with Crippen LogP contribution < -0.4 is 0 Å². The summed E-state index contributed by atoms with van der Waals surface area (Å²) in [6.45, 7) is 6.36. The molecule has 0 aliphatic rings. The van der Waals surface area contributed by atoms with E-state index in [9.17, 15) is 4.79 Å². The summed E-state index contributed by atoms with van der Waals surface area (Å²) >= 11 is 6.25. The van der Waals surface area contributed by atoms with Gasteiger partial charge in [-0.25, -0.2) is 4.98 Å². The number of hydrogen-bond donors (Lipinski definition) is 0. The van der Waals surface area contributed by atoms with Gasteiger partial charge < -0.3 is 9.30 Å². The van der Waals surface area contributed by atoms with Crippen molar-refractivity contribution >= 4 is 28.6 Å². The first-order valence-corrected chi connectivity index (χ1v) is 7.61. The number of hydrogen-bond acceptors (Lipinski definition) is 3. The number of aromatic nitrogens is 2. The Morgan fingerprint density at radius 3 is 2.71 bits per heavy atom. The van der Waals surface area contributed by atoms with Gasteiger partial charge in [0.15, 0.2) is 0 Å². The first-order valence-electron chi connectivity index (χ1n) is 7.23. The lowest BCUT2D eigenvalue weighted by Crippen LogP contribution is -2.21. The van der Waals surface area contributed by atoms with Crippen molar-refractivity contribution in [3.05, 3.63) is 29.0 Å². The fourth-order valence-electron chi connectivity index (χ4n) is 2.57. The van der Waals surface area contributed by atoms with Crippen LogP contribution in [0.25, 0.3) is 11.0 Å². The van der Waals surface area contributed by atoms with Crippen molar-refractivity contribution < 1.29 is 9.53 Å². The second kappa shape index (κ2) is 6.48. The molecule has 0 bridgehead atoms. The highest BCUT2D eigenvalue weighted by Crippen LogP contribution is 2.30. The van der Waals surface area contributed by atoms with E-state index < -0.39 is 0 Å². The minimum absolute atomic E-state index is 0.222. The van der Waals surface area contributed by atoms with Gasteiger partial charge in [0.25, 0.3) is 0 Å². The van der Waals surface area contributed by atoms with Gasteiger partial charge in [-0.2, -0.15) is 0 Å². The molecule has 2 rings (SSSR count). The van der Waals surface area contributed by atoms with Crippen molar-refractivity contribution in [1.82, 2.24) is 9.55 Å². The van der Waals surface area contributed by atoms with E-state index in [0.29, 0.717) is 29.8 Å². The third-order valence-electron chi connectivity index (χ3n) is 3.47. The smallest absolute Gasteiger partial charge is 0.316 e. The lowest BCUT2D eigenvalue weighted by Gasteiger charge is -2.17. The highest BCUT2D eigenvalue weighted by Gasteiger charge is 2.28. The molecular formula is C16H21ClN2O2. The van der Waals surface area contributed by atoms with E-state index in [4.69, 9.17) is 16.3 Å². The minimum atomic E-state index is -0.363. The van der Waals surface area contributed by atoms with E-state index in [0.717, 1.165) is 11.0 Å². The maximum absolute atomic E-state index is 12.3. The molecule has 0 saturated heterocycles. The van der Waals surface area contributed by atoms with E-state index >= 15 is 0 Å². The molecule has 4 nitrogen and oxygen atoms in total. The topological polar surface area (TPSA) is 44.1 Å². The van der Waals surface area contributed by atoms with Gasteiger partial charge in [0.2, 0.25) is 0 Å². The van der Waals surface area contributed by atoms with Crippen LogP contribution in [0.15, 0.2) is 18.2 Å². The van der Waals surface area contributed by atoms with E-state index in [-0.39, 0.29) is 11.9 Å². The number of nitrogens with zero attached hydrogens (tertiary/aromatic N) is 2. The Bertz CT molecular complexity index is 649. The molecule has 1 aromatic heterocycles. The predicted molar refractivity (Wildman–Crippen MR) is 84.6 cm³/mol. The SMILES string of the molecule is CCOC(=O)C(CC(C)C)c1nc2cccc(Cl)c2n1C. The largest absolute Gasteiger partial charge is 0.465 e. The van der Waals surface area contributed by atoms with Gasteiger partial charge in [-0.1, -0.05) is 31.5 Å². The third kappa shape index (κ3) is 3.21. The molecule has 0 aliphatic carbocycles. The minimum Gasteiger partial charge on any atom is -0.465 e. The van der Waals surface area contributed by atoms with E-state index in [1.54, 1.807) is 0 Å². The number of carbonyl (C=O) groups is 1. The van der Waals surface area contributed by atoms with Gasteiger partial charge in [0, 0.05) is 7.05 Å². The highest BCUT2D eigenvalue weighted by molar-refractivity contribution is 6.35. The normalized spacial score (nSPS) is 12.9. The van der Waals surface area contributed by atoms with Gasteiger partial charge in [-0.05, 0) is 31.4 Å².